The predicted octanol–water partition coefficient (Wildman–Crippen LogP) is 5.28. The zero-order valence-corrected chi connectivity index (χ0v) is 12.7. The second kappa shape index (κ2) is 4.92. The lowest BCUT2D eigenvalue weighted by molar-refractivity contribution is 0.0692. The van der Waals surface area contributed by atoms with Crippen LogP contribution in [0, 0.1) is 5.82 Å². The molecule has 0 unspecified atom stereocenters. The van der Waals surface area contributed by atoms with Gasteiger partial charge in [0.1, 0.15) is 5.82 Å². The highest BCUT2D eigenvalue weighted by molar-refractivity contribution is 6.17. The van der Waals surface area contributed by atoms with Gasteiger partial charge in [-0.25, -0.2) is 9.18 Å². The molecule has 23 heavy (non-hydrogen) atoms. The number of benzene rings is 3. The fourth-order valence-corrected chi connectivity index (χ4v) is 3.65. The van der Waals surface area contributed by atoms with Crippen LogP contribution in [-0.4, -0.2) is 11.1 Å². The largest absolute Gasteiger partial charge is 0.478 e. The van der Waals surface area contributed by atoms with Crippen LogP contribution in [0.3, 0.4) is 0 Å². The Morgan fingerprint density at radius 1 is 1.09 bits per heavy atom. The van der Waals surface area contributed by atoms with E-state index in [1.165, 1.54) is 11.6 Å². The van der Waals surface area contributed by atoms with Crippen LogP contribution in [0.15, 0.2) is 42.5 Å². The zero-order valence-electron chi connectivity index (χ0n) is 12.7. The molecular formula is C20H15FO2. The molecule has 0 bridgehead atoms. The van der Waals surface area contributed by atoms with Crippen LogP contribution in [0.5, 0.6) is 0 Å². The summed E-state index contributed by atoms with van der Waals surface area (Å²) in [5.74, 6) is -1.87. The van der Waals surface area contributed by atoms with E-state index in [1.54, 1.807) is 0 Å². The van der Waals surface area contributed by atoms with Crippen LogP contribution in [0.25, 0.3) is 33.0 Å². The molecular weight excluding hydrogens is 291 g/mol. The van der Waals surface area contributed by atoms with Crippen molar-refractivity contribution in [1.29, 1.82) is 0 Å². The van der Waals surface area contributed by atoms with Gasteiger partial charge >= 0.3 is 5.97 Å². The first-order valence-corrected chi connectivity index (χ1v) is 7.74. The van der Waals surface area contributed by atoms with Crippen LogP contribution in [0.4, 0.5) is 4.39 Å². The third-order valence-corrected chi connectivity index (χ3v) is 4.54. The Labute approximate surface area is 133 Å². The van der Waals surface area contributed by atoms with Gasteiger partial charge < -0.3 is 5.11 Å². The van der Waals surface area contributed by atoms with Crippen molar-refractivity contribution in [3.8, 4) is 22.3 Å². The normalized spacial score (nSPS) is 11.7. The first kappa shape index (κ1) is 13.9. The van der Waals surface area contributed by atoms with E-state index in [1.807, 2.05) is 30.3 Å². The second-order valence-electron chi connectivity index (χ2n) is 5.91. The lowest BCUT2D eigenvalue weighted by atomic mass is 9.95. The fraction of sp³-hybridized carbons (Fsp3) is 0.150. The number of hydrogen-bond acceptors (Lipinski definition) is 1. The number of fused-ring (bicyclic) bond motifs is 3. The SMILES string of the molecule is CCCc1cccc2c1-c1cccc3cc(C(=O)O)c(F)c-2c13. The van der Waals surface area contributed by atoms with E-state index in [4.69, 9.17) is 0 Å². The molecule has 1 N–H and O–H groups in total. The second-order valence-corrected chi connectivity index (χ2v) is 5.91. The predicted molar refractivity (Wildman–Crippen MR) is 89.3 cm³/mol. The highest BCUT2D eigenvalue weighted by atomic mass is 19.1. The molecule has 4 rings (SSSR count). The Hall–Kier alpha value is -2.68. The summed E-state index contributed by atoms with van der Waals surface area (Å²) in [7, 11) is 0. The Bertz CT molecular complexity index is 973. The van der Waals surface area contributed by atoms with Crippen molar-refractivity contribution < 1.29 is 14.3 Å². The Morgan fingerprint density at radius 3 is 2.57 bits per heavy atom. The minimum atomic E-state index is -1.23. The van der Waals surface area contributed by atoms with Crippen molar-refractivity contribution in [2.75, 3.05) is 0 Å². The first-order chi connectivity index (χ1) is 11.1. The third kappa shape index (κ3) is 1.83. The molecule has 1 aliphatic carbocycles. The molecule has 114 valence electrons. The molecule has 2 nitrogen and oxygen atoms in total. The van der Waals surface area contributed by atoms with Gasteiger partial charge in [-0.15, -0.1) is 0 Å². The number of carboxylic acids is 1. The molecule has 3 heteroatoms. The van der Waals surface area contributed by atoms with Crippen LogP contribution < -0.4 is 0 Å². The molecule has 0 fully saturated rings. The maximum Gasteiger partial charge on any atom is 0.338 e. The number of carbonyl (C=O) groups is 1. The average Bonchev–Trinajstić information content (AvgIpc) is 2.88. The summed E-state index contributed by atoms with van der Waals surface area (Å²) >= 11 is 0. The summed E-state index contributed by atoms with van der Waals surface area (Å²) in [6, 6.07) is 13.1. The zero-order chi connectivity index (χ0) is 16.1. The number of carboxylic acid groups (broad SMARTS) is 1. The van der Waals surface area contributed by atoms with Crippen molar-refractivity contribution in [2.24, 2.45) is 0 Å². The van der Waals surface area contributed by atoms with Crippen molar-refractivity contribution in [2.45, 2.75) is 19.8 Å². The van der Waals surface area contributed by atoms with Crippen molar-refractivity contribution in [3.63, 3.8) is 0 Å². The number of aryl methyl sites for hydroxylation is 1. The Kier molecular flexibility index (Phi) is 2.98. The Morgan fingerprint density at radius 2 is 1.83 bits per heavy atom. The standard InChI is InChI=1S/C20H15FO2/c1-2-5-11-6-3-9-14-16(11)13-8-4-7-12-10-15(20(22)23)19(21)18(14)17(12)13/h3-4,6-10H,2,5H2,1H3,(H,22,23). The number of rotatable bonds is 3. The molecule has 1 aliphatic rings. The lowest BCUT2D eigenvalue weighted by Crippen LogP contribution is -2.02. The van der Waals surface area contributed by atoms with Gasteiger partial charge in [-0.2, -0.15) is 0 Å². The van der Waals surface area contributed by atoms with Gasteiger partial charge in [-0.1, -0.05) is 49.7 Å². The van der Waals surface area contributed by atoms with E-state index in [0.717, 1.165) is 40.3 Å². The van der Waals surface area contributed by atoms with E-state index >= 15 is 0 Å². The van der Waals surface area contributed by atoms with E-state index < -0.39 is 11.8 Å². The minimum absolute atomic E-state index is 0.265. The van der Waals surface area contributed by atoms with Gasteiger partial charge in [0.05, 0.1) is 5.56 Å². The van der Waals surface area contributed by atoms with Gasteiger partial charge in [0.15, 0.2) is 0 Å². The molecule has 0 atom stereocenters. The quantitative estimate of drug-likeness (QED) is 0.559. The van der Waals surface area contributed by atoms with Gasteiger partial charge in [-0.3, -0.25) is 0 Å². The van der Waals surface area contributed by atoms with Gasteiger partial charge in [-0.05, 0) is 40.1 Å². The summed E-state index contributed by atoms with van der Waals surface area (Å²) in [6.45, 7) is 2.12. The lowest BCUT2D eigenvalue weighted by Gasteiger charge is -2.09. The molecule has 0 radical (unpaired) electrons. The molecule has 0 heterocycles. The summed E-state index contributed by atoms with van der Waals surface area (Å²) in [5, 5.41) is 10.9. The number of aromatic carboxylic acids is 1. The number of hydrogen-bond donors (Lipinski definition) is 1. The molecule has 0 saturated heterocycles. The minimum Gasteiger partial charge on any atom is -0.478 e. The molecule has 0 amide bonds. The molecule has 3 aromatic carbocycles. The summed E-state index contributed by atoms with van der Waals surface area (Å²) < 4.78 is 14.9. The topological polar surface area (TPSA) is 37.3 Å². The van der Waals surface area contributed by atoms with Crippen LogP contribution >= 0.6 is 0 Å². The maximum absolute atomic E-state index is 14.9. The summed E-state index contributed by atoms with van der Waals surface area (Å²) in [5.41, 5.74) is 4.22. The van der Waals surface area contributed by atoms with Crippen LogP contribution in [-0.2, 0) is 6.42 Å². The van der Waals surface area contributed by atoms with Crippen molar-refractivity contribution in [1.82, 2.24) is 0 Å². The van der Waals surface area contributed by atoms with Gasteiger partial charge in [0.25, 0.3) is 0 Å². The van der Waals surface area contributed by atoms with E-state index in [0.29, 0.717) is 5.56 Å². The average molecular weight is 306 g/mol. The maximum atomic E-state index is 14.9. The van der Waals surface area contributed by atoms with E-state index in [-0.39, 0.29) is 5.56 Å². The van der Waals surface area contributed by atoms with Crippen LogP contribution in [0.1, 0.15) is 29.3 Å². The van der Waals surface area contributed by atoms with Gasteiger partial charge in [0, 0.05) is 10.9 Å². The summed E-state index contributed by atoms with van der Waals surface area (Å²) in [6.07, 6.45) is 1.92. The van der Waals surface area contributed by atoms with Crippen molar-refractivity contribution in [3.05, 3.63) is 59.4 Å². The first-order valence-electron chi connectivity index (χ1n) is 7.74. The molecule has 0 aromatic heterocycles. The molecule has 3 aromatic rings. The van der Waals surface area contributed by atoms with Crippen LogP contribution in [0.2, 0.25) is 0 Å². The summed E-state index contributed by atoms with van der Waals surface area (Å²) in [4.78, 5) is 11.4. The third-order valence-electron chi connectivity index (χ3n) is 4.54. The fourth-order valence-electron chi connectivity index (χ4n) is 3.65. The highest BCUT2D eigenvalue weighted by Gasteiger charge is 2.29. The smallest absolute Gasteiger partial charge is 0.338 e. The highest BCUT2D eigenvalue weighted by Crippen LogP contribution is 2.50. The van der Waals surface area contributed by atoms with E-state index in [2.05, 4.69) is 13.0 Å². The van der Waals surface area contributed by atoms with Gasteiger partial charge in [0.2, 0.25) is 0 Å². The Balaban J connectivity index is 2.17. The number of halogens is 1. The van der Waals surface area contributed by atoms with E-state index in [9.17, 15) is 14.3 Å². The monoisotopic (exact) mass is 306 g/mol. The van der Waals surface area contributed by atoms with Crippen molar-refractivity contribution >= 4 is 16.7 Å². The molecule has 0 spiro atoms. The molecule has 0 saturated carbocycles. The molecule has 0 aliphatic heterocycles.